The Hall–Kier alpha value is -0.800. The average molecular weight is 310 g/mol. The van der Waals surface area contributed by atoms with Crippen molar-refractivity contribution in [3.05, 3.63) is 50.6 Å². The van der Waals surface area contributed by atoms with E-state index >= 15 is 0 Å². The Labute approximate surface area is 115 Å². The Kier molecular flexibility index (Phi) is 4.24. The van der Waals surface area contributed by atoms with Crippen LogP contribution in [0.2, 0.25) is 0 Å². The number of thiophene rings is 1. The van der Waals surface area contributed by atoms with Gasteiger partial charge in [-0.1, -0.05) is 19.1 Å². The molecule has 0 saturated carbocycles. The number of benzene rings is 1. The minimum Gasteiger partial charge on any atom is -0.369 e. The van der Waals surface area contributed by atoms with Gasteiger partial charge in [-0.2, -0.15) is 0 Å². The van der Waals surface area contributed by atoms with E-state index < -0.39 is 0 Å². The van der Waals surface area contributed by atoms with Crippen LogP contribution < -0.4 is 4.90 Å². The Balaban J connectivity index is 2.09. The SMILES string of the molecule is CCc1ccc(N(C)Cc2sccc2Br)cc1. The molecule has 0 fully saturated rings. The largest absolute Gasteiger partial charge is 0.369 e. The third kappa shape index (κ3) is 3.11. The van der Waals surface area contributed by atoms with Crippen LogP contribution in [0.4, 0.5) is 5.69 Å². The van der Waals surface area contributed by atoms with Gasteiger partial charge in [-0.25, -0.2) is 0 Å². The molecule has 3 heteroatoms. The maximum Gasteiger partial charge on any atom is 0.0530 e. The third-order valence-electron chi connectivity index (χ3n) is 2.86. The Bertz CT molecular complexity index is 475. The van der Waals surface area contributed by atoms with Crippen molar-refractivity contribution in [2.45, 2.75) is 19.9 Å². The van der Waals surface area contributed by atoms with Crippen molar-refractivity contribution in [2.24, 2.45) is 0 Å². The van der Waals surface area contributed by atoms with E-state index in [9.17, 15) is 0 Å². The van der Waals surface area contributed by atoms with Crippen LogP contribution in [0, 0.1) is 0 Å². The lowest BCUT2D eigenvalue weighted by Crippen LogP contribution is -2.15. The van der Waals surface area contributed by atoms with Crippen molar-refractivity contribution in [3.8, 4) is 0 Å². The third-order valence-corrected chi connectivity index (χ3v) is 4.77. The van der Waals surface area contributed by atoms with Gasteiger partial charge in [0.05, 0.1) is 6.54 Å². The molecule has 0 atom stereocenters. The fraction of sp³-hybridized carbons (Fsp3) is 0.286. The molecule has 1 aromatic carbocycles. The molecule has 0 bridgehead atoms. The van der Waals surface area contributed by atoms with Crippen LogP contribution in [0.25, 0.3) is 0 Å². The molecule has 90 valence electrons. The van der Waals surface area contributed by atoms with Crippen LogP contribution in [0.3, 0.4) is 0 Å². The lowest BCUT2D eigenvalue weighted by atomic mass is 10.1. The number of hydrogen-bond acceptors (Lipinski definition) is 2. The highest BCUT2D eigenvalue weighted by Crippen LogP contribution is 2.25. The first kappa shape index (κ1) is 12.7. The Morgan fingerprint density at radius 1 is 1.18 bits per heavy atom. The van der Waals surface area contributed by atoms with E-state index in [4.69, 9.17) is 0 Å². The molecule has 0 amide bonds. The number of hydrogen-bond donors (Lipinski definition) is 0. The number of anilines is 1. The molecule has 0 N–H and O–H groups in total. The van der Waals surface area contributed by atoms with Crippen LogP contribution >= 0.6 is 27.3 Å². The van der Waals surface area contributed by atoms with Gasteiger partial charge < -0.3 is 4.90 Å². The minimum absolute atomic E-state index is 0.948. The smallest absolute Gasteiger partial charge is 0.0530 e. The normalized spacial score (nSPS) is 10.5. The highest BCUT2D eigenvalue weighted by atomic mass is 79.9. The van der Waals surface area contributed by atoms with Crippen molar-refractivity contribution < 1.29 is 0 Å². The van der Waals surface area contributed by atoms with Crippen molar-refractivity contribution in [3.63, 3.8) is 0 Å². The predicted molar refractivity (Wildman–Crippen MR) is 79.9 cm³/mol. The predicted octanol–water partition coefficient (Wildman–Crippen LogP) is 4.71. The Morgan fingerprint density at radius 3 is 2.41 bits per heavy atom. The molecule has 17 heavy (non-hydrogen) atoms. The van der Waals surface area contributed by atoms with Gasteiger partial charge in [-0.05, 0) is 51.5 Å². The van der Waals surface area contributed by atoms with Gasteiger partial charge in [0.15, 0.2) is 0 Å². The van der Waals surface area contributed by atoms with Crippen LogP contribution in [0.5, 0.6) is 0 Å². The first-order valence-electron chi connectivity index (χ1n) is 5.72. The molecular formula is C14H16BrNS. The van der Waals surface area contributed by atoms with Crippen molar-refractivity contribution >= 4 is 33.0 Å². The zero-order valence-electron chi connectivity index (χ0n) is 10.1. The van der Waals surface area contributed by atoms with Gasteiger partial charge in [-0.15, -0.1) is 11.3 Å². The standard InChI is InChI=1S/C14H16BrNS/c1-3-11-4-6-12(7-5-11)16(2)10-14-13(15)8-9-17-14/h4-9H,3,10H2,1-2H3. The summed E-state index contributed by atoms with van der Waals surface area (Å²) in [4.78, 5) is 3.64. The fourth-order valence-corrected chi connectivity index (χ4v) is 3.26. The summed E-state index contributed by atoms with van der Waals surface area (Å²) in [5, 5.41) is 2.12. The topological polar surface area (TPSA) is 3.24 Å². The molecule has 0 spiro atoms. The number of nitrogens with zero attached hydrogens (tertiary/aromatic N) is 1. The maximum atomic E-state index is 3.57. The molecule has 0 aliphatic rings. The molecule has 0 saturated heterocycles. The van der Waals surface area contributed by atoms with Crippen molar-refractivity contribution in [1.29, 1.82) is 0 Å². The van der Waals surface area contributed by atoms with E-state index in [-0.39, 0.29) is 0 Å². The van der Waals surface area contributed by atoms with Crippen LogP contribution in [-0.2, 0) is 13.0 Å². The summed E-state index contributed by atoms with van der Waals surface area (Å²) in [6.07, 6.45) is 1.10. The highest BCUT2D eigenvalue weighted by Gasteiger charge is 2.06. The van der Waals surface area contributed by atoms with Crippen molar-refractivity contribution in [1.82, 2.24) is 0 Å². The molecular weight excluding hydrogens is 294 g/mol. The van der Waals surface area contributed by atoms with E-state index in [2.05, 4.69) is 70.5 Å². The van der Waals surface area contributed by atoms with E-state index in [1.165, 1.54) is 20.6 Å². The van der Waals surface area contributed by atoms with Crippen LogP contribution in [0.1, 0.15) is 17.4 Å². The van der Waals surface area contributed by atoms with Crippen LogP contribution in [0.15, 0.2) is 40.2 Å². The maximum absolute atomic E-state index is 3.57. The van der Waals surface area contributed by atoms with Gasteiger partial charge in [0.2, 0.25) is 0 Å². The summed E-state index contributed by atoms with van der Waals surface area (Å²) in [6, 6.07) is 10.9. The second kappa shape index (κ2) is 5.69. The molecule has 2 aromatic rings. The molecule has 1 nitrogen and oxygen atoms in total. The summed E-state index contributed by atoms with van der Waals surface area (Å²) < 4.78 is 1.21. The van der Waals surface area contributed by atoms with Gasteiger partial charge >= 0.3 is 0 Å². The number of rotatable bonds is 4. The first-order valence-corrected chi connectivity index (χ1v) is 7.40. The Morgan fingerprint density at radius 2 is 1.88 bits per heavy atom. The van der Waals surface area contributed by atoms with Gasteiger partial charge in [-0.3, -0.25) is 0 Å². The monoisotopic (exact) mass is 309 g/mol. The zero-order valence-corrected chi connectivity index (χ0v) is 12.5. The second-order valence-corrected chi connectivity index (χ2v) is 5.92. The summed E-state index contributed by atoms with van der Waals surface area (Å²) in [5.74, 6) is 0. The molecule has 2 rings (SSSR count). The lowest BCUT2D eigenvalue weighted by molar-refractivity contribution is 0.935. The van der Waals surface area contributed by atoms with Gasteiger partial charge in [0, 0.05) is 22.1 Å². The number of halogens is 1. The van der Waals surface area contributed by atoms with Crippen LogP contribution in [-0.4, -0.2) is 7.05 Å². The average Bonchev–Trinajstić information content (AvgIpc) is 2.75. The zero-order chi connectivity index (χ0) is 12.3. The molecule has 0 unspecified atom stereocenters. The summed E-state index contributed by atoms with van der Waals surface area (Å²) in [7, 11) is 2.13. The lowest BCUT2D eigenvalue weighted by Gasteiger charge is -2.19. The summed E-state index contributed by atoms with van der Waals surface area (Å²) in [6.45, 7) is 3.13. The highest BCUT2D eigenvalue weighted by molar-refractivity contribution is 9.10. The first-order chi connectivity index (χ1) is 8.20. The summed E-state index contributed by atoms with van der Waals surface area (Å²) >= 11 is 5.37. The van der Waals surface area contributed by atoms with E-state index in [0.29, 0.717) is 0 Å². The fourth-order valence-electron chi connectivity index (χ4n) is 1.73. The molecule has 0 aliphatic carbocycles. The van der Waals surface area contributed by atoms with E-state index in [1.807, 2.05) is 0 Å². The molecule has 1 aromatic heterocycles. The second-order valence-electron chi connectivity index (χ2n) is 4.07. The van der Waals surface area contributed by atoms with E-state index in [0.717, 1.165) is 13.0 Å². The molecule has 0 aliphatic heterocycles. The summed E-state index contributed by atoms with van der Waals surface area (Å²) in [5.41, 5.74) is 2.65. The quantitative estimate of drug-likeness (QED) is 0.790. The number of aryl methyl sites for hydroxylation is 1. The molecule has 1 heterocycles. The van der Waals surface area contributed by atoms with Gasteiger partial charge in [0.25, 0.3) is 0 Å². The van der Waals surface area contributed by atoms with Gasteiger partial charge in [0.1, 0.15) is 0 Å². The van der Waals surface area contributed by atoms with Crippen molar-refractivity contribution in [2.75, 3.05) is 11.9 Å². The minimum atomic E-state index is 0.948. The molecule has 0 radical (unpaired) electrons. The van der Waals surface area contributed by atoms with E-state index in [1.54, 1.807) is 11.3 Å².